The van der Waals surface area contributed by atoms with E-state index in [1.165, 1.54) is 0 Å². The third kappa shape index (κ3) is 3.95. The van der Waals surface area contributed by atoms with Gasteiger partial charge in [0.1, 0.15) is 6.04 Å². The maximum absolute atomic E-state index is 12.1. The van der Waals surface area contributed by atoms with Gasteiger partial charge in [-0.25, -0.2) is 10.2 Å². The number of carbonyl (C=O) groups excluding carboxylic acids is 2. The predicted octanol–water partition coefficient (Wildman–Crippen LogP) is 1.58. The summed E-state index contributed by atoms with van der Waals surface area (Å²) in [4.78, 5) is 24.0. The molecule has 23 heavy (non-hydrogen) atoms. The molecule has 7 heteroatoms. The van der Waals surface area contributed by atoms with Gasteiger partial charge in [0.25, 0.3) is 5.91 Å². The van der Waals surface area contributed by atoms with Crippen molar-refractivity contribution in [3.05, 3.63) is 48.3 Å². The average molecular weight is 316 g/mol. The Morgan fingerprint density at radius 1 is 1.22 bits per heavy atom. The molecule has 0 spiro atoms. The second-order valence-corrected chi connectivity index (χ2v) is 6.17. The maximum Gasteiger partial charge on any atom is 0.270 e. The molecule has 0 radical (unpaired) electrons. The predicted molar refractivity (Wildman–Crippen MR) is 83.8 cm³/mol. The van der Waals surface area contributed by atoms with Gasteiger partial charge < -0.3 is 5.32 Å². The number of amides is 2. The molecule has 2 rings (SSSR count). The zero-order chi connectivity index (χ0) is 17.0. The van der Waals surface area contributed by atoms with Crippen LogP contribution in [0.15, 0.2) is 42.7 Å². The molecule has 0 aliphatic carbocycles. The molecule has 0 saturated heterocycles. The van der Waals surface area contributed by atoms with Crippen molar-refractivity contribution in [3.8, 4) is 5.69 Å². The van der Waals surface area contributed by atoms with Crippen molar-refractivity contribution < 1.29 is 14.8 Å². The van der Waals surface area contributed by atoms with Gasteiger partial charge in [0, 0.05) is 17.8 Å². The number of nitrogens with one attached hydrogen (secondary N) is 2. The van der Waals surface area contributed by atoms with Crippen LogP contribution in [0.3, 0.4) is 0 Å². The largest absolute Gasteiger partial charge is 0.340 e. The van der Waals surface area contributed by atoms with Crippen LogP contribution in [0.4, 0.5) is 0 Å². The minimum absolute atomic E-state index is 0.290. The van der Waals surface area contributed by atoms with Crippen molar-refractivity contribution in [2.75, 3.05) is 0 Å². The van der Waals surface area contributed by atoms with E-state index in [1.807, 2.05) is 0 Å². The summed E-state index contributed by atoms with van der Waals surface area (Å²) in [5.41, 5.74) is 2.32. The molecule has 2 aromatic rings. The maximum atomic E-state index is 12.1. The lowest BCUT2D eigenvalue weighted by atomic mass is 9.94. The molecule has 1 atom stereocenters. The molecular formula is C16H20N4O3. The van der Waals surface area contributed by atoms with Crippen molar-refractivity contribution in [1.29, 1.82) is 0 Å². The number of hydroxylamine groups is 1. The monoisotopic (exact) mass is 316 g/mol. The second kappa shape index (κ2) is 6.62. The summed E-state index contributed by atoms with van der Waals surface area (Å²) in [6, 6.07) is 7.81. The summed E-state index contributed by atoms with van der Waals surface area (Å²) in [6.45, 7) is 5.24. The highest BCUT2D eigenvalue weighted by molar-refractivity contribution is 5.90. The zero-order valence-electron chi connectivity index (χ0n) is 13.3. The summed E-state index contributed by atoms with van der Waals surface area (Å²) in [5, 5.41) is 15.7. The number of rotatable bonds is 4. The summed E-state index contributed by atoms with van der Waals surface area (Å²) >= 11 is 0. The van der Waals surface area contributed by atoms with E-state index in [-0.39, 0.29) is 5.91 Å². The van der Waals surface area contributed by atoms with Gasteiger partial charge in [0.2, 0.25) is 5.91 Å². The SMILES string of the molecule is CC(C)(C)C(=O)NC(C(=O)NO)c1ccc(-n2cccn2)cc1. The van der Waals surface area contributed by atoms with Gasteiger partial charge >= 0.3 is 0 Å². The molecule has 0 saturated carbocycles. The third-order valence-electron chi connectivity index (χ3n) is 3.32. The molecular weight excluding hydrogens is 296 g/mol. The molecule has 1 aromatic heterocycles. The Hall–Kier alpha value is -2.67. The van der Waals surface area contributed by atoms with Crippen molar-refractivity contribution >= 4 is 11.8 Å². The van der Waals surface area contributed by atoms with Gasteiger partial charge in [-0.1, -0.05) is 32.9 Å². The second-order valence-electron chi connectivity index (χ2n) is 6.17. The molecule has 3 N–H and O–H groups in total. The first-order valence-electron chi connectivity index (χ1n) is 7.18. The highest BCUT2D eigenvalue weighted by atomic mass is 16.5. The van der Waals surface area contributed by atoms with Gasteiger partial charge in [-0.15, -0.1) is 0 Å². The van der Waals surface area contributed by atoms with Crippen LogP contribution in [0.2, 0.25) is 0 Å². The lowest BCUT2D eigenvalue weighted by Crippen LogP contribution is -2.43. The summed E-state index contributed by atoms with van der Waals surface area (Å²) < 4.78 is 1.68. The molecule has 0 fully saturated rings. The molecule has 7 nitrogen and oxygen atoms in total. The summed E-state index contributed by atoms with van der Waals surface area (Å²) in [6.07, 6.45) is 3.47. The number of hydrogen-bond donors (Lipinski definition) is 3. The van der Waals surface area contributed by atoms with Crippen LogP contribution >= 0.6 is 0 Å². The average Bonchev–Trinajstić information content (AvgIpc) is 3.05. The van der Waals surface area contributed by atoms with Crippen molar-refractivity contribution in [3.63, 3.8) is 0 Å². The molecule has 1 unspecified atom stereocenters. The van der Waals surface area contributed by atoms with Crippen LogP contribution in [-0.4, -0.2) is 26.8 Å². The van der Waals surface area contributed by atoms with Crippen LogP contribution in [0.25, 0.3) is 5.69 Å². The van der Waals surface area contributed by atoms with Crippen LogP contribution in [0.5, 0.6) is 0 Å². The summed E-state index contributed by atoms with van der Waals surface area (Å²) in [5.74, 6) is -0.989. The minimum atomic E-state index is -0.974. The van der Waals surface area contributed by atoms with Gasteiger partial charge in [-0.05, 0) is 23.8 Å². The molecule has 0 bridgehead atoms. The van der Waals surface area contributed by atoms with Crippen molar-refractivity contribution in [2.24, 2.45) is 5.41 Å². The van der Waals surface area contributed by atoms with Crippen molar-refractivity contribution in [1.82, 2.24) is 20.6 Å². The smallest absolute Gasteiger partial charge is 0.270 e. The Bertz CT molecular complexity index is 672. The number of nitrogens with zero attached hydrogens (tertiary/aromatic N) is 2. The van der Waals surface area contributed by atoms with Crippen LogP contribution in [0, 0.1) is 5.41 Å². The Morgan fingerprint density at radius 2 is 1.87 bits per heavy atom. The first-order valence-corrected chi connectivity index (χ1v) is 7.18. The highest BCUT2D eigenvalue weighted by Crippen LogP contribution is 2.20. The van der Waals surface area contributed by atoms with Crippen LogP contribution in [0.1, 0.15) is 32.4 Å². The van der Waals surface area contributed by atoms with Gasteiger partial charge in [-0.2, -0.15) is 5.10 Å². The fourth-order valence-corrected chi connectivity index (χ4v) is 1.95. The van der Waals surface area contributed by atoms with Crippen LogP contribution in [-0.2, 0) is 9.59 Å². The van der Waals surface area contributed by atoms with E-state index < -0.39 is 17.4 Å². The molecule has 122 valence electrons. The topological polar surface area (TPSA) is 96.3 Å². The minimum Gasteiger partial charge on any atom is -0.340 e. The third-order valence-corrected chi connectivity index (χ3v) is 3.32. The Morgan fingerprint density at radius 3 is 2.35 bits per heavy atom. The normalized spacial score (nSPS) is 12.5. The van der Waals surface area contributed by atoms with E-state index in [2.05, 4.69) is 10.4 Å². The molecule has 0 aliphatic rings. The van der Waals surface area contributed by atoms with E-state index >= 15 is 0 Å². The van der Waals surface area contributed by atoms with E-state index in [9.17, 15) is 9.59 Å². The lowest BCUT2D eigenvalue weighted by molar-refractivity contribution is -0.137. The molecule has 1 heterocycles. The Balaban J connectivity index is 2.25. The first kappa shape index (κ1) is 16.7. The number of hydrogen-bond acceptors (Lipinski definition) is 4. The fourth-order valence-electron chi connectivity index (χ4n) is 1.95. The molecule has 1 aromatic carbocycles. The van der Waals surface area contributed by atoms with Crippen LogP contribution < -0.4 is 10.8 Å². The van der Waals surface area contributed by atoms with Gasteiger partial charge in [-0.3, -0.25) is 14.8 Å². The highest BCUT2D eigenvalue weighted by Gasteiger charge is 2.28. The molecule has 2 amide bonds. The number of aromatic nitrogens is 2. The summed E-state index contributed by atoms with van der Waals surface area (Å²) in [7, 11) is 0. The molecule has 0 aliphatic heterocycles. The van der Waals surface area contributed by atoms with E-state index in [4.69, 9.17) is 5.21 Å². The van der Waals surface area contributed by atoms with E-state index in [1.54, 1.807) is 73.7 Å². The van der Waals surface area contributed by atoms with E-state index in [0.717, 1.165) is 5.69 Å². The fraction of sp³-hybridized carbons (Fsp3) is 0.312. The van der Waals surface area contributed by atoms with Gasteiger partial charge in [0.05, 0.1) is 5.69 Å². The van der Waals surface area contributed by atoms with Gasteiger partial charge in [0.15, 0.2) is 0 Å². The van der Waals surface area contributed by atoms with E-state index in [0.29, 0.717) is 5.56 Å². The number of carbonyl (C=O) groups is 2. The zero-order valence-corrected chi connectivity index (χ0v) is 13.3. The Labute approximate surface area is 134 Å². The quantitative estimate of drug-likeness (QED) is 0.589. The van der Waals surface area contributed by atoms with Crippen molar-refractivity contribution in [2.45, 2.75) is 26.8 Å². The Kier molecular flexibility index (Phi) is 4.80. The standard InChI is InChI=1S/C16H20N4O3/c1-16(2,3)15(22)18-13(14(21)19-23)11-5-7-12(8-6-11)20-10-4-9-17-20/h4-10,13,23H,1-3H3,(H,18,22)(H,19,21). The first-order chi connectivity index (χ1) is 10.8. The number of benzene rings is 1. The lowest BCUT2D eigenvalue weighted by Gasteiger charge is -2.23.